The highest BCUT2D eigenvalue weighted by Gasteiger charge is 2.08. The number of hydrogen-bond donors (Lipinski definition) is 2. The van der Waals surface area contributed by atoms with Crippen LogP contribution < -0.4 is 5.32 Å². The second-order valence-corrected chi connectivity index (χ2v) is 4.67. The minimum atomic E-state index is 0.136. The Kier molecular flexibility index (Phi) is 3.51. The lowest BCUT2D eigenvalue weighted by molar-refractivity contribution is 0.476. The van der Waals surface area contributed by atoms with Gasteiger partial charge in [0, 0.05) is 18.3 Å². The van der Waals surface area contributed by atoms with Crippen LogP contribution in [0.2, 0.25) is 0 Å². The standard InChI is InChI=1S/C15H18N2/c1-4-14(11(2)3)17-10-12-5-6-15-13(9-12)7-8-16-15/h1,5-9,11,14,16-17H,10H2,2-3H3. The first-order valence-electron chi connectivity index (χ1n) is 5.96. The predicted molar refractivity (Wildman–Crippen MR) is 72.6 cm³/mol. The van der Waals surface area contributed by atoms with Crippen molar-refractivity contribution in [1.29, 1.82) is 0 Å². The van der Waals surface area contributed by atoms with Crippen LogP contribution in [0.4, 0.5) is 0 Å². The first-order valence-corrected chi connectivity index (χ1v) is 5.96. The predicted octanol–water partition coefficient (Wildman–Crippen LogP) is 2.92. The summed E-state index contributed by atoms with van der Waals surface area (Å²) in [6.07, 6.45) is 7.45. The van der Waals surface area contributed by atoms with Gasteiger partial charge in [0.1, 0.15) is 0 Å². The van der Waals surface area contributed by atoms with Crippen molar-refractivity contribution in [2.45, 2.75) is 26.4 Å². The van der Waals surface area contributed by atoms with Crippen molar-refractivity contribution in [2.24, 2.45) is 5.92 Å². The minimum absolute atomic E-state index is 0.136. The average molecular weight is 226 g/mol. The molecule has 1 aromatic carbocycles. The van der Waals surface area contributed by atoms with Crippen molar-refractivity contribution < 1.29 is 0 Å². The number of nitrogens with one attached hydrogen (secondary N) is 2. The highest BCUT2D eigenvalue weighted by Crippen LogP contribution is 2.14. The number of terminal acetylenes is 1. The van der Waals surface area contributed by atoms with Gasteiger partial charge in [-0.15, -0.1) is 6.42 Å². The SMILES string of the molecule is C#CC(NCc1ccc2[nH]ccc2c1)C(C)C. The third kappa shape index (κ3) is 2.69. The third-order valence-corrected chi connectivity index (χ3v) is 2.99. The summed E-state index contributed by atoms with van der Waals surface area (Å²) >= 11 is 0. The molecular formula is C15H18N2. The van der Waals surface area contributed by atoms with Crippen molar-refractivity contribution in [3.05, 3.63) is 36.0 Å². The maximum absolute atomic E-state index is 5.49. The van der Waals surface area contributed by atoms with E-state index >= 15 is 0 Å². The average Bonchev–Trinajstić information content (AvgIpc) is 2.76. The molecule has 0 amide bonds. The van der Waals surface area contributed by atoms with Crippen molar-refractivity contribution in [1.82, 2.24) is 10.3 Å². The van der Waals surface area contributed by atoms with Crippen LogP contribution in [0.25, 0.3) is 10.9 Å². The molecule has 0 aliphatic rings. The van der Waals surface area contributed by atoms with Crippen LogP contribution in [-0.2, 0) is 6.54 Å². The Labute approximate surface area is 102 Å². The van der Waals surface area contributed by atoms with Gasteiger partial charge in [-0.2, -0.15) is 0 Å². The molecule has 1 unspecified atom stereocenters. The van der Waals surface area contributed by atoms with Crippen LogP contribution in [0.1, 0.15) is 19.4 Å². The fraction of sp³-hybridized carbons (Fsp3) is 0.333. The van der Waals surface area contributed by atoms with Crippen LogP contribution in [0.3, 0.4) is 0 Å². The first kappa shape index (κ1) is 11.8. The Bertz CT molecular complexity index is 531. The monoisotopic (exact) mass is 226 g/mol. The first-order chi connectivity index (χ1) is 8.20. The van der Waals surface area contributed by atoms with Gasteiger partial charge in [0.05, 0.1) is 6.04 Å². The zero-order valence-electron chi connectivity index (χ0n) is 10.3. The Morgan fingerprint density at radius 2 is 2.18 bits per heavy atom. The quantitative estimate of drug-likeness (QED) is 0.771. The third-order valence-electron chi connectivity index (χ3n) is 2.99. The van der Waals surface area contributed by atoms with Crippen molar-refractivity contribution in [3.8, 4) is 12.3 Å². The molecule has 0 saturated heterocycles. The molecule has 0 spiro atoms. The van der Waals surface area contributed by atoms with Crippen molar-refractivity contribution in [2.75, 3.05) is 0 Å². The molecule has 1 heterocycles. The highest BCUT2D eigenvalue weighted by molar-refractivity contribution is 5.79. The topological polar surface area (TPSA) is 27.8 Å². The van der Waals surface area contributed by atoms with Gasteiger partial charge in [-0.3, -0.25) is 5.32 Å². The maximum atomic E-state index is 5.49. The smallest absolute Gasteiger partial charge is 0.0712 e. The fourth-order valence-corrected chi connectivity index (χ4v) is 1.93. The lowest BCUT2D eigenvalue weighted by Crippen LogP contribution is -2.31. The lowest BCUT2D eigenvalue weighted by atomic mass is 10.0. The van der Waals surface area contributed by atoms with Crippen LogP contribution in [-0.4, -0.2) is 11.0 Å². The van der Waals surface area contributed by atoms with Gasteiger partial charge < -0.3 is 4.98 Å². The molecule has 0 bridgehead atoms. The van der Waals surface area contributed by atoms with Crippen LogP contribution in [0, 0.1) is 18.3 Å². The number of hydrogen-bond acceptors (Lipinski definition) is 1. The van der Waals surface area contributed by atoms with E-state index in [-0.39, 0.29) is 6.04 Å². The molecule has 1 aromatic heterocycles. The van der Waals surface area contributed by atoms with E-state index in [2.05, 4.69) is 54.3 Å². The van der Waals surface area contributed by atoms with Gasteiger partial charge in [0.25, 0.3) is 0 Å². The second kappa shape index (κ2) is 5.07. The minimum Gasteiger partial charge on any atom is -0.361 e. The Morgan fingerprint density at radius 1 is 1.35 bits per heavy atom. The molecule has 2 rings (SSSR count). The molecule has 2 aromatic rings. The van der Waals surface area contributed by atoms with E-state index in [4.69, 9.17) is 6.42 Å². The summed E-state index contributed by atoms with van der Waals surface area (Å²) in [5, 5.41) is 4.64. The van der Waals surface area contributed by atoms with E-state index in [0.29, 0.717) is 5.92 Å². The zero-order chi connectivity index (χ0) is 12.3. The molecule has 17 heavy (non-hydrogen) atoms. The molecule has 2 N–H and O–H groups in total. The maximum Gasteiger partial charge on any atom is 0.0712 e. The van der Waals surface area contributed by atoms with Gasteiger partial charge in [-0.25, -0.2) is 0 Å². The molecule has 0 fully saturated rings. The lowest BCUT2D eigenvalue weighted by Gasteiger charge is -2.16. The van der Waals surface area contributed by atoms with Crippen LogP contribution in [0.5, 0.6) is 0 Å². The molecular weight excluding hydrogens is 208 g/mol. The number of fused-ring (bicyclic) bond motifs is 1. The van der Waals surface area contributed by atoms with Crippen LogP contribution in [0.15, 0.2) is 30.5 Å². The Morgan fingerprint density at radius 3 is 2.88 bits per heavy atom. The Hall–Kier alpha value is -1.72. The number of rotatable bonds is 4. The summed E-state index contributed by atoms with van der Waals surface area (Å²) in [4.78, 5) is 3.19. The molecule has 0 aliphatic carbocycles. The molecule has 2 nitrogen and oxygen atoms in total. The summed E-state index contributed by atoms with van der Waals surface area (Å²) in [6.45, 7) is 5.08. The second-order valence-electron chi connectivity index (χ2n) is 4.67. The van der Waals surface area contributed by atoms with Gasteiger partial charge >= 0.3 is 0 Å². The van der Waals surface area contributed by atoms with E-state index in [9.17, 15) is 0 Å². The summed E-state index contributed by atoms with van der Waals surface area (Å²) in [5.74, 6) is 3.24. The summed E-state index contributed by atoms with van der Waals surface area (Å²) < 4.78 is 0. The summed E-state index contributed by atoms with van der Waals surface area (Å²) in [7, 11) is 0. The fourth-order valence-electron chi connectivity index (χ4n) is 1.93. The van der Waals surface area contributed by atoms with Crippen molar-refractivity contribution in [3.63, 3.8) is 0 Å². The molecule has 88 valence electrons. The van der Waals surface area contributed by atoms with Gasteiger partial charge in [-0.1, -0.05) is 25.8 Å². The van der Waals surface area contributed by atoms with Gasteiger partial charge in [0.15, 0.2) is 0 Å². The molecule has 1 atom stereocenters. The Balaban J connectivity index is 2.06. The summed E-state index contributed by atoms with van der Waals surface area (Å²) in [5.41, 5.74) is 2.43. The largest absolute Gasteiger partial charge is 0.361 e. The van der Waals surface area contributed by atoms with E-state index in [0.717, 1.165) is 6.54 Å². The van der Waals surface area contributed by atoms with E-state index < -0.39 is 0 Å². The zero-order valence-corrected chi connectivity index (χ0v) is 10.3. The van der Waals surface area contributed by atoms with Gasteiger partial charge in [-0.05, 0) is 35.1 Å². The highest BCUT2D eigenvalue weighted by atomic mass is 14.9. The van der Waals surface area contributed by atoms with Crippen LogP contribution >= 0.6 is 0 Å². The molecule has 0 saturated carbocycles. The number of benzene rings is 1. The molecule has 0 radical (unpaired) electrons. The van der Waals surface area contributed by atoms with Gasteiger partial charge in [0.2, 0.25) is 0 Å². The molecule has 2 heteroatoms. The number of aromatic nitrogens is 1. The van der Waals surface area contributed by atoms with E-state index in [1.54, 1.807) is 0 Å². The summed E-state index contributed by atoms with van der Waals surface area (Å²) in [6, 6.07) is 8.64. The van der Waals surface area contributed by atoms with E-state index in [1.165, 1.54) is 16.5 Å². The number of aromatic amines is 1. The normalized spacial score (nSPS) is 12.8. The number of H-pyrrole nitrogens is 1. The van der Waals surface area contributed by atoms with E-state index in [1.807, 2.05) is 6.20 Å². The van der Waals surface area contributed by atoms with Crippen molar-refractivity contribution >= 4 is 10.9 Å². The molecule has 0 aliphatic heterocycles.